The van der Waals surface area contributed by atoms with Crippen LogP contribution in [0.15, 0.2) is 58.2 Å². The van der Waals surface area contributed by atoms with Gasteiger partial charge in [-0.2, -0.15) is 0 Å². The van der Waals surface area contributed by atoms with Gasteiger partial charge in [-0.1, -0.05) is 18.2 Å². The lowest BCUT2D eigenvalue weighted by molar-refractivity contribution is 0.370. The number of halogens is 1. The molecule has 0 aliphatic carbocycles. The van der Waals surface area contributed by atoms with Crippen molar-refractivity contribution in [3.8, 4) is 0 Å². The summed E-state index contributed by atoms with van der Waals surface area (Å²) in [5, 5.41) is 4.60. The lowest BCUT2D eigenvalue weighted by atomic mass is 10.2. The van der Waals surface area contributed by atoms with Crippen LogP contribution < -0.4 is 10.2 Å². The van der Waals surface area contributed by atoms with E-state index in [9.17, 15) is 0 Å². The number of aliphatic imine (C=N–C) groups is 1. The zero-order chi connectivity index (χ0) is 18.5. The Bertz CT molecular complexity index is 872. The molecule has 3 aromatic rings. The molecule has 0 amide bonds. The number of aromatic nitrogens is 2. The maximum atomic E-state index is 5.88. The molecular weight excluding hydrogens is 467 g/mol. The van der Waals surface area contributed by atoms with Crippen LogP contribution in [0.3, 0.4) is 0 Å². The first-order chi connectivity index (χ1) is 13.3. The Balaban J connectivity index is 0.00000225. The predicted octanol–water partition coefficient (Wildman–Crippen LogP) is 2.78. The van der Waals surface area contributed by atoms with E-state index in [2.05, 4.69) is 42.2 Å². The summed E-state index contributed by atoms with van der Waals surface area (Å²) in [5.41, 5.74) is 0.941. The number of benzene rings is 1. The summed E-state index contributed by atoms with van der Waals surface area (Å²) < 4.78 is 5.88. The third-order valence-corrected chi connectivity index (χ3v) is 4.76. The molecule has 4 rings (SSSR count). The number of rotatable bonds is 4. The number of hydrogen-bond acceptors (Lipinski definition) is 5. The predicted molar refractivity (Wildman–Crippen MR) is 123 cm³/mol. The van der Waals surface area contributed by atoms with Crippen molar-refractivity contribution >= 4 is 46.9 Å². The van der Waals surface area contributed by atoms with Crippen molar-refractivity contribution in [1.29, 1.82) is 0 Å². The van der Waals surface area contributed by atoms with E-state index in [0.29, 0.717) is 0 Å². The second-order valence-electron chi connectivity index (χ2n) is 6.50. The SMILES string of the molecule is CN=C(NCCc1cc2ccccc2o1)N1CCN(c2ncccn2)CC1.I. The fraction of sp³-hybridized carbons (Fsp3) is 0.350. The van der Waals surface area contributed by atoms with Gasteiger partial charge in [0.1, 0.15) is 11.3 Å². The Hall–Kier alpha value is -2.36. The van der Waals surface area contributed by atoms with Crippen molar-refractivity contribution in [2.24, 2.45) is 4.99 Å². The number of anilines is 1. The van der Waals surface area contributed by atoms with Gasteiger partial charge < -0.3 is 19.5 Å². The summed E-state index contributed by atoms with van der Waals surface area (Å²) in [7, 11) is 1.83. The van der Waals surface area contributed by atoms with Crippen LogP contribution in [0.1, 0.15) is 5.76 Å². The number of para-hydroxylation sites is 1. The molecule has 0 atom stereocenters. The van der Waals surface area contributed by atoms with Gasteiger partial charge in [0.05, 0.1) is 0 Å². The molecule has 1 saturated heterocycles. The first-order valence-electron chi connectivity index (χ1n) is 9.28. The molecular formula is C20H25IN6O. The quantitative estimate of drug-likeness (QED) is 0.343. The molecule has 0 bridgehead atoms. The first kappa shape index (κ1) is 20.4. The van der Waals surface area contributed by atoms with Crippen LogP contribution in [0.5, 0.6) is 0 Å². The molecule has 1 aromatic carbocycles. The van der Waals surface area contributed by atoms with Crippen molar-refractivity contribution in [2.75, 3.05) is 44.7 Å². The Morgan fingerprint density at radius 3 is 2.57 bits per heavy atom. The molecule has 0 spiro atoms. The van der Waals surface area contributed by atoms with E-state index in [1.54, 1.807) is 12.4 Å². The zero-order valence-electron chi connectivity index (χ0n) is 15.9. The Morgan fingerprint density at radius 1 is 1.11 bits per heavy atom. The van der Waals surface area contributed by atoms with Crippen LogP contribution in [-0.4, -0.2) is 60.6 Å². The highest BCUT2D eigenvalue weighted by atomic mass is 127. The van der Waals surface area contributed by atoms with Crippen LogP contribution in [0, 0.1) is 0 Å². The Kier molecular flexibility index (Phi) is 7.07. The van der Waals surface area contributed by atoms with Crippen LogP contribution in [0.25, 0.3) is 11.0 Å². The topological polar surface area (TPSA) is 69.8 Å². The summed E-state index contributed by atoms with van der Waals surface area (Å²) in [6, 6.07) is 12.1. The van der Waals surface area contributed by atoms with Crippen LogP contribution in [-0.2, 0) is 6.42 Å². The molecule has 1 aliphatic heterocycles. The first-order valence-corrected chi connectivity index (χ1v) is 9.28. The second kappa shape index (κ2) is 9.72. The summed E-state index contributed by atoms with van der Waals surface area (Å²) >= 11 is 0. The van der Waals surface area contributed by atoms with Gasteiger partial charge in [0.2, 0.25) is 5.95 Å². The summed E-state index contributed by atoms with van der Waals surface area (Å²) in [6.07, 6.45) is 4.39. The van der Waals surface area contributed by atoms with Gasteiger partial charge in [0.15, 0.2) is 5.96 Å². The minimum atomic E-state index is 0. The molecule has 1 N–H and O–H groups in total. The van der Waals surface area contributed by atoms with Gasteiger partial charge >= 0.3 is 0 Å². The molecule has 0 unspecified atom stereocenters. The van der Waals surface area contributed by atoms with Crippen LogP contribution in [0.2, 0.25) is 0 Å². The number of guanidine groups is 1. The fourth-order valence-electron chi connectivity index (χ4n) is 3.36. The molecule has 1 fully saturated rings. The van der Waals surface area contributed by atoms with Crippen molar-refractivity contribution in [2.45, 2.75) is 6.42 Å². The van der Waals surface area contributed by atoms with E-state index in [0.717, 1.165) is 67.8 Å². The second-order valence-corrected chi connectivity index (χ2v) is 6.50. The molecule has 28 heavy (non-hydrogen) atoms. The minimum absolute atomic E-state index is 0. The third kappa shape index (κ3) is 4.73. The highest BCUT2D eigenvalue weighted by Crippen LogP contribution is 2.18. The Morgan fingerprint density at radius 2 is 1.86 bits per heavy atom. The maximum absolute atomic E-state index is 5.88. The van der Waals surface area contributed by atoms with Crippen molar-refractivity contribution in [3.05, 3.63) is 54.6 Å². The fourth-order valence-corrected chi connectivity index (χ4v) is 3.36. The monoisotopic (exact) mass is 492 g/mol. The Labute approximate surface area is 181 Å². The highest BCUT2D eigenvalue weighted by molar-refractivity contribution is 14.0. The summed E-state index contributed by atoms with van der Waals surface area (Å²) in [5.74, 6) is 2.72. The van der Waals surface area contributed by atoms with Gasteiger partial charge in [0, 0.05) is 64.0 Å². The van der Waals surface area contributed by atoms with Gasteiger partial charge in [-0.15, -0.1) is 24.0 Å². The lowest BCUT2D eigenvalue weighted by Gasteiger charge is -2.36. The molecule has 1 aliphatic rings. The van der Waals surface area contributed by atoms with E-state index in [-0.39, 0.29) is 24.0 Å². The minimum Gasteiger partial charge on any atom is -0.461 e. The molecule has 8 heteroatoms. The largest absolute Gasteiger partial charge is 0.461 e. The number of nitrogens with zero attached hydrogens (tertiary/aromatic N) is 5. The molecule has 3 heterocycles. The number of nitrogens with one attached hydrogen (secondary N) is 1. The zero-order valence-corrected chi connectivity index (χ0v) is 18.2. The average Bonchev–Trinajstić information content (AvgIpc) is 3.15. The normalized spacial score (nSPS) is 14.8. The average molecular weight is 492 g/mol. The lowest BCUT2D eigenvalue weighted by Crippen LogP contribution is -2.53. The molecule has 0 radical (unpaired) electrons. The van der Waals surface area contributed by atoms with E-state index in [4.69, 9.17) is 4.42 Å². The van der Waals surface area contributed by atoms with Gasteiger partial charge in [0.25, 0.3) is 0 Å². The number of fused-ring (bicyclic) bond motifs is 1. The highest BCUT2D eigenvalue weighted by Gasteiger charge is 2.20. The molecule has 148 valence electrons. The third-order valence-electron chi connectivity index (χ3n) is 4.76. The van der Waals surface area contributed by atoms with E-state index in [1.165, 1.54) is 0 Å². The van der Waals surface area contributed by atoms with Gasteiger partial charge in [-0.25, -0.2) is 9.97 Å². The molecule has 2 aromatic heterocycles. The van der Waals surface area contributed by atoms with E-state index in [1.807, 2.05) is 31.3 Å². The summed E-state index contributed by atoms with van der Waals surface area (Å²) in [6.45, 7) is 4.34. The van der Waals surface area contributed by atoms with Crippen molar-refractivity contribution in [3.63, 3.8) is 0 Å². The molecule has 7 nitrogen and oxygen atoms in total. The van der Waals surface area contributed by atoms with Crippen molar-refractivity contribution < 1.29 is 4.42 Å². The van der Waals surface area contributed by atoms with Crippen LogP contribution >= 0.6 is 24.0 Å². The van der Waals surface area contributed by atoms with E-state index >= 15 is 0 Å². The van der Waals surface area contributed by atoms with Gasteiger partial charge in [-0.05, 0) is 18.2 Å². The smallest absolute Gasteiger partial charge is 0.225 e. The van der Waals surface area contributed by atoms with Crippen molar-refractivity contribution in [1.82, 2.24) is 20.2 Å². The molecule has 0 saturated carbocycles. The van der Waals surface area contributed by atoms with E-state index < -0.39 is 0 Å². The number of furan rings is 1. The number of hydrogen-bond donors (Lipinski definition) is 1. The van der Waals surface area contributed by atoms with Crippen LogP contribution in [0.4, 0.5) is 5.95 Å². The standard InChI is InChI=1S/C20H24N6O.HI/c1-21-19(24-10-7-17-15-16-5-2-3-6-18(16)27-17)25-11-13-26(14-12-25)20-22-8-4-9-23-20;/h2-6,8-9,15H,7,10-14H2,1H3,(H,21,24);1H. The van der Waals surface area contributed by atoms with Gasteiger partial charge in [-0.3, -0.25) is 4.99 Å². The summed E-state index contributed by atoms with van der Waals surface area (Å²) in [4.78, 5) is 17.6. The number of piperazine rings is 1. The maximum Gasteiger partial charge on any atom is 0.225 e.